The number of aryl methyl sites for hydroxylation is 5. The van der Waals surface area contributed by atoms with Crippen molar-refractivity contribution in [1.29, 1.82) is 0 Å². The molecule has 0 unspecified atom stereocenters. The molecular formula is C47H50N4Na2O2. The third-order valence-electron chi connectivity index (χ3n) is 8.52. The van der Waals surface area contributed by atoms with Crippen LogP contribution >= 0.6 is 0 Å². The Morgan fingerprint density at radius 2 is 0.800 bits per heavy atom. The molecule has 0 fully saturated rings. The van der Waals surface area contributed by atoms with Gasteiger partial charge in [0.15, 0.2) is 0 Å². The van der Waals surface area contributed by atoms with Crippen molar-refractivity contribution in [3.05, 3.63) is 186 Å². The molecule has 0 bridgehead atoms. The summed E-state index contributed by atoms with van der Waals surface area (Å²) >= 11 is 0. The topological polar surface area (TPSA) is 77.3 Å². The number of hydrogen-bond acceptors (Lipinski definition) is 4. The average molecular weight is 749 g/mol. The number of hydrogen-bond donors (Lipinski definition) is 0. The zero-order valence-corrected chi connectivity index (χ0v) is 37.9. The average Bonchev–Trinajstić information content (AvgIpc) is 3.17. The summed E-state index contributed by atoms with van der Waals surface area (Å²) in [5.74, 6) is 0. The van der Waals surface area contributed by atoms with Crippen LogP contribution in [-0.4, -0.2) is 18.1 Å². The van der Waals surface area contributed by atoms with Crippen LogP contribution in [0.15, 0.2) is 168 Å². The maximum atomic E-state index is 13.0. The summed E-state index contributed by atoms with van der Waals surface area (Å²) in [6, 6.07) is 50.6. The van der Waals surface area contributed by atoms with Crippen molar-refractivity contribution in [2.45, 2.75) is 60.9 Å². The van der Waals surface area contributed by atoms with Crippen LogP contribution < -0.4 is 79.1 Å². The van der Waals surface area contributed by atoms with Crippen LogP contribution in [0.25, 0.3) is 0 Å². The van der Waals surface area contributed by atoms with Gasteiger partial charge in [0.25, 0.3) is 0 Å². The molecule has 6 aromatic rings. The SMILES string of the molecule is CCc1ccccc1.Cc1cccc(C)c1N=C([O-])N(c1ccccc1)C(C)C.Cc1cccc(C)c1N=C([O-])N(c1ccccc1)c1ccccc1.[Na+].[Na+]. The Balaban J connectivity index is 0.000000309. The minimum Gasteiger partial charge on any atom is -0.846 e. The van der Waals surface area contributed by atoms with E-state index >= 15 is 0 Å². The standard InChI is InChI=1S/C21H20N2O.C18H22N2O.C8H10.2Na/c1-16-10-9-11-17(2)20(16)22-21(24)23(18-12-5-3-6-13-18)19-14-7-4-8-15-19;1-13(2)20(16-11-6-5-7-12-16)18(21)19-17-14(3)9-8-10-15(17)4;1-2-8-6-4-3-5-7-8;;/h3-15H,1-2H3,(H,22,24);5-13H,1-4H3,(H,19,21);3-7H,2H2,1H3;;/q;;;2*+1/p-2. The van der Waals surface area contributed by atoms with E-state index in [9.17, 15) is 10.2 Å². The fourth-order valence-electron chi connectivity index (χ4n) is 5.72. The smallest absolute Gasteiger partial charge is 0.846 e. The van der Waals surface area contributed by atoms with Crippen LogP contribution in [0.4, 0.5) is 28.4 Å². The van der Waals surface area contributed by atoms with E-state index in [1.54, 1.807) is 9.80 Å². The quantitative estimate of drug-likeness (QED) is 0.139. The molecule has 272 valence electrons. The number of aliphatic imine (C=N–C) groups is 2. The number of benzene rings is 6. The van der Waals surface area contributed by atoms with Crippen molar-refractivity contribution < 1.29 is 69.3 Å². The number of rotatable bonds is 7. The van der Waals surface area contributed by atoms with Gasteiger partial charge in [-0.25, -0.2) is 9.98 Å². The van der Waals surface area contributed by atoms with Gasteiger partial charge in [0, 0.05) is 23.1 Å². The molecule has 0 amide bonds. The van der Waals surface area contributed by atoms with Crippen molar-refractivity contribution in [2.75, 3.05) is 9.80 Å². The third kappa shape index (κ3) is 14.1. The molecule has 0 heterocycles. The molecular weight excluding hydrogens is 699 g/mol. The molecule has 8 heteroatoms. The van der Waals surface area contributed by atoms with Gasteiger partial charge in [-0.2, -0.15) is 0 Å². The van der Waals surface area contributed by atoms with Crippen molar-refractivity contribution in [3.8, 4) is 0 Å². The molecule has 0 aromatic heterocycles. The predicted octanol–water partition coefficient (Wildman–Crippen LogP) is 4.31. The van der Waals surface area contributed by atoms with Gasteiger partial charge in [0.05, 0.1) is 23.4 Å². The van der Waals surface area contributed by atoms with Crippen molar-refractivity contribution >= 4 is 40.5 Å². The molecule has 0 aliphatic rings. The van der Waals surface area contributed by atoms with E-state index in [1.807, 2.05) is 175 Å². The van der Waals surface area contributed by atoms with E-state index in [2.05, 4.69) is 41.2 Å². The van der Waals surface area contributed by atoms with Crippen LogP contribution in [0.3, 0.4) is 0 Å². The molecule has 0 radical (unpaired) electrons. The fourth-order valence-corrected chi connectivity index (χ4v) is 5.72. The molecule has 6 aromatic carbocycles. The number of amidine groups is 2. The van der Waals surface area contributed by atoms with Gasteiger partial charge in [-0.1, -0.05) is 128 Å². The van der Waals surface area contributed by atoms with Crippen LogP contribution in [-0.2, 0) is 6.42 Å². The van der Waals surface area contributed by atoms with E-state index < -0.39 is 0 Å². The summed E-state index contributed by atoms with van der Waals surface area (Å²) in [6.07, 6.45) is 1.14. The second kappa shape index (κ2) is 24.4. The molecule has 0 aliphatic carbocycles. The summed E-state index contributed by atoms with van der Waals surface area (Å²) in [4.78, 5) is 12.1. The first-order valence-corrected chi connectivity index (χ1v) is 18.0. The molecule has 0 saturated carbocycles. The van der Waals surface area contributed by atoms with E-state index in [4.69, 9.17) is 0 Å². The zero-order valence-electron chi connectivity index (χ0n) is 33.9. The first-order valence-electron chi connectivity index (χ1n) is 18.0. The van der Waals surface area contributed by atoms with Gasteiger partial charge in [-0.15, -0.1) is 0 Å². The Hall–Kier alpha value is -4.14. The second-order valence-corrected chi connectivity index (χ2v) is 12.9. The van der Waals surface area contributed by atoms with E-state index in [0.29, 0.717) is 0 Å². The molecule has 0 spiro atoms. The van der Waals surface area contributed by atoms with Gasteiger partial charge in [-0.3, -0.25) is 0 Å². The largest absolute Gasteiger partial charge is 1.00 e. The monoisotopic (exact) mass is 748 g/mol. The molecule has 0 atom stereocenters. The molecule has 0 aliphatic heterocycles. The molecule has 6 nitrogen and oxygen atoms in total. The summed E-state index contributed by atoms with van der Waals surface area (Å²) in [6.45, 7) is 14.0. The van der Waals surface area contributed by atoms with Crippen LogP contribution in [0, 0.1) is 27.7 Å². The van der Waals surface area contributed by atoms with Crippen molar-refractivity contribution in [1.82, 2.24) is 0 Å². The minimum atomic E-state index is -0.301. The van der Waals surface area contributed by atoms with Crippen LogP contribution in [0.1, 0.15) is 48.6 Å². The maximum Gasteiger partial charge on any atom is 1.00 e. The number of nitrogens with zero attached hydrogens (tertiary/aromatic N) is 4. The first kappa shape index (κ1) is 47.0. The second-order valence-electron chi connectivity index (χ2n) is 12.9. The van der Waals surface area contributed by atoms with Gasteiger partial charge >= 0.3 is 59.1 Å². The molecule has 6 rings (SSSR count). The Morgan fingerprint density at radius 1 is 0.473 bits per heavy atom. The molecule has 55 heavy (non-hydrogen) atoms. The third-order valence-corrected chi connectivity index (χ3v) is 8.52. The Bertz CT molecular complexity index is 1980. The Labute approximate surface area is 372 Å². The van der Waals surface area contributed by atoms with Gasteiger partial charge in [0.1, 0.15) is 0 Å². The normalized spacial score (nSPS) is 10.8. The van der Waals surface area contributed by atoms with E-state index in [1.165, 1.54) is 5.56 Å². The van der Waals surface area contributed by atoms with Crippen LogP contribution in [0.2, 0.25) is 0 Å². The predicted molar refractivity (Wildman–Crippen MR) is 221 cm³/mol. The van der Waals surface area contributed by atoms with E-state index in [-0.39, 0.29) is 77.2 Å². The summed E-state index contributed by atoms with van der Waals surface area (Å²) in [7, 11) is 0. The minimum absolute atomic E-state index is 0. The summed E-state index contributed by atoms with van der Waals surface area (Å²) in [5.41, 5.74) is 9.38. The summed E-state index contributed by atoms with van der Waals surface area (Å²) in [5, 5.41) is 25.6. The van der Waals surface area contributed by atoms with Crippen LogP contribution in [0.5, 0.6) is 0 Å². The van der Waals surface area contributed by atoms with Gasteiger partial charge in [0.2, 0.25) is 0 Å². The summed E-state index contributed by atoms with van der Waals surface area (Å²) < 4.78 is 0. The van der Waals surface area contributed by atoms with Gasteiger partial charge < -0.3 is 20.0 Å². The maximum absolute atomic E-state index is 13.0. The molecule has 0 saturated heterocycles. The fraction of sp³-hybridized carbons (Fsp3) is 0.191. The molecule has 0 N–H and O–H groups in total. The first-order chi connectivity index (χ1) is 25.6. The number of para-hydroxylation sites is 5. The van der Waals surface area contributed by atoms with Crippen molar-refractivity contribution in [2.24, 2.45) is 9.98 Å². The van der Waals surface area contributed by atoms with Crippen molar-refractivity contribution in [3.63, 3.8) is 0 Å². The Kier molecular flexibility index (Phi) is 20.8. The van der Waals surface area contributed by atoms with E-state index in [0.717, 1.165) is 57.1 Å². The zero-order chi connectivity index (χ0) is 38.2. The Morgan fingerprint density at radius 3 is 1.13 bits per heavy atom. The number of anilines is 3. The van der Waals surface area contributed by atoms with Gasteiger partial charge in [-0.05, 0) is 112 Å².